The topological polar surface area (TPSA) is 53.8 Å². The molecular weight excluding hydrogens is 210 g/mol. The number of carbonyl (C=O) groups is 1. The summed E-state index contributed by atoms with van der Waals surface area (Å²) in [5.74, 6) is 0.0472. The van der Waals surface area contributed by atoms with Crippen LogP contribution in [0.1, 0.15) is 40.0 Å². The third-order valence-corrected chi connectivity index (χ3v) is 3.48. The number of hydrogen-bond acceptors (Lipinski definition) is 4. The molecule has 0 unspecified atom stereocenters. The first kappa shape index (κ1) is 12.2. The summed E-state index contributed by atoms with van der Waals surface area (Å²) in [4.78, 5) is 11.3. The molecule has 1 heterocycles. The minimum atomic E-state index is 0.00523. The van der Waals surface area contributed by atoms with Crippen LogP contribution in [0.2, 0.25) is 0 Å². The molecule has 1 amide bonds. The van der Waals surface area contributed by atoms with Crippen molar-refractivity contribution in [2.75, 3.05) is 0 Å². The molecule has 0 spiro atoms. The van der Waals surface area contributed by atoms with E-state index >= 15 is 0 Å². The van der Waals surface area contributed by atoms with Crippen molar-refractivity contribution < 1.29 is 4.79 Å². The number of carbonyl (C=O) groups excluding carboxylic acids is 1. The third kappa shape index (κ3) is 3.34. The maximum atomic E-state index is 11.3. The number of thioether (sulfide) groups is 1. The number of amidine groups is 1. The lowest BCUT2D eigenvalue weighted by Crippen LogP contribution is -2.24. The smallest absolute Gasteiger partial charge is 0.239 e. The SMILES string of the molecule is CCC(CC)=N/N=C1/NC(=O)[C@@H](CC)S1. The van der Waals surface area contributed by atoms with Gasteiger partial charge in [0.25, 0.3) is 0 Å². The van der Waals surface area contributed by atoms with Gasteiger partial charge in [0, 0.05) is 5.71 Å². The van der Waals surface area contributed by atoms with E-state index < -0.39 is 0 Å². The Hall–Kier alpha value is -0.840. The van der Waals surface area contributed by atoms with Gasteiger partial charge in [-0.3, -0.25) is 4.79 Å². The minimum absolute atomic E-state index is 0.00523. The van der Waals surface area contributed by atoms with Gasteiger partial charge in [0.15, 0.2) is 5.17 Å². The number of nitrogens with zero attached hydrogens (tertiary/aromatic N) is 2. The van der Waals surface area contributed by atoms with Crippen LogP contribution in [-0.4, -0.2) is 22.0 Å². The molecule has 1 atom stereocenters. The molecule has 1 rings (SSSR count). The molecule has 5 heteroatoms. The second kappa shape index (κ2) is 5.90. The summed E-state index contributed by atoms with van der Waals surface area (Å²) in [6.45, 7) is 6.10. The Morgan fingerprint density at radius 3 is 2.53 bits per heavy atom. The summed E-state index contributed by atoms with van der Waals surface area (Å²) in [5.41, 5.74) is 1.05. The van der Waals surface area contributed by atoms with Gasteiger partial charge in [-0.05, 0) is 19.3 Å². The molecule has 0 radical (unpaired) electrons. The lowest BCUT2D eigenvalue weighted by atomic mass is 10.2. The summed E-state index contributed by atoms with van der Waals surface area (Å²) in [6, 6.07) is 0. The fraction of sp³-hybridized carbons (Fsp3) is 0.700. The van der Waals surface area contributed by atoms with Crippen LogP contribution in [0.4, 0.5) is 0 Å². The molecular formula is C10H17N3OS. The molecule has 0 aromatic carbocycles. The molecule has 4 nitrogen and oxygen atoms in total. The fourth-order valence-electron chi connectivity index (χ4n) is 1.23. The highest BCUT2D eigenvalue weighted by Crippen LogP contribution is 2.21. The predicted molar refractivity (Wildman–Crippen MR) is 65.3 cm³/mol. The molecule has 1 aliphatic heterocycles. The van der Waals surface area contributed by atoms with Crippen molar-refractivity contribution in [2.24, 2.45) is 10.2 Å². The highest BCUT2D eigenvalue weighted by atomic mass is 32.2. The molecule has 1 fully saturated rings. The highest BCUT2D eigenvalue weighted by molar-refractivity contribution is 8.15. The molecule has 1 N–H and O–H groups in total. The van der Waals surface area contributed by atoms with E-state index in [-0.39, 0.29) is 11.2 Å². The van der Waals surface area contributed by atoms with Gasteiger partial charge in [-0.25, -0.2) is 0 Å². The van der Waals surface area contributed by atoms with Gasteiger partial charge < -0.3 is 5.32 Å². The standard InChI is InChI=1S/C10H17N3OS/c1-4-7(5-2)12-13-10-11-9(14)8(6-3)15-10/h8H,4-6H2,1-3H3,(H,11,13,14)/t8-/m1/s1. The van der Waals surface area contributed by atoms with E-state index in [1.165, 1.54) is 11.8 Å². The Morgan fingerprint density at radius 1 is 1.40 bits per heavy atom. The Morgan fingerprint density at radius 2 is 2.07 bits per heavy atom. The van der Waals surface area contributed by atoms with Crippen LogP contribution in [0.25, 0.3) is 0 Å². The molecule has 1 saturated heterocycles. The van der Waals surface area contributed by atoms with Crippen LogP contribution in [0.5, 0.6) is 0 Å². The Labute approximate surface area is 94.6 Å². The molecule has 84 valence electrons. The van der Waals surface area contributed by atoms with Gasteiger partial charge in [-0.15, -0.1) is 5.10 Å². The number of nitrogens with one attached hydrogen (secondary N) is 1. The zero-order valence-electron chi connectivity index (χ0n) is 9.41. The van der Waals surface area contributed by atoms with Crippen LogP contribution >= 0.6 is 11.8 Å². The lowest BCUT2D eigenvalue weighted by Gasteiger charge is -1.96. The van der Waals surface area contributed by atoms with Crippen LogP contribution in [-0.2, 0) is 4.79 Å². The molecule has 1 aliphatic rings. The second-order valence-corrected chi connectivity index (χ2v) is 4.47. The molecule has 0 aromatic rings. The normalized spacial score (nSPS) is 23.0. The van der Waals surface area contributed by atoms with Crippen molar-refractivity contribution in [3.05, 3.63) is 0 Å². The monoisotopic (exact) mass is 227 g/mol. The third-order valence-electron chi connectivity index (χ3n) is 2.25. The van der Waals surface area contributed by atoms with Crippen molar-refractivity contribution >= 4 is 28.5 Å². The molecule has 0 saturated carbocycles. The van der Waals surface area contributed by atoms with Gasteiger partial charge in [0.1, 0.15) is 0 Å². The van der Waals surface area contributed by atoms with E-state index in [9.17, 15) is 4.79 Å². The summed E-state index contributed by atoms with van der Waals surface area (Å²) >= 11 is 1.46. The highest BCUT2D eigenvalue weighted by Gasteiger charge is 2.28. The van der Waals surface area contributed by atoms with E-state index in [1.54, 1.807) is 0 Å². The van der Waals surface area contributed by atoms with Gasteiger partial charge in [0.2, 0.25) is 5.91 Å². The maximum Gasteiger partial charge on any atom is 0.239 e. The summed E-state index contributed by atoms with van der Waals surface area (Å²) in [5, 5.41) is 11.5. The maximum absolute atomic E-state index is 11.3. The quantitative estimate of drug-likeness (QED) is 0.591. The van der Waals surface area contributed by atoms with Crippen molar-refractivity contribution in [3.8, 4) is 0 Å². The first-order valence-electron chi connectivity index (χ1n) is 5.32. The minimum Gasteiger partial charge on any atom is -0.303 e. The predicted octanol–water partition coefficient (Wildman–Crippen LogP) is 2.16. The van der Waals surface area contributed by atoms with E-state index in [1.807, 2.05) is 6.92 Å². The summed E-state index contributed by atoms with van der Waals surface area (Å²) in [6.07, 6.45) is 2.64. The number of rotatable bonds is 4. The first-order chi connectivity index (χ1) is 7.21. The van der Waals surface area contributed by atoms with Crippen LogP contribution in [0.3, 0.4) is 0 Å². The average molecular weight is 227 g/mol. The summed E-state index contributed by atoms with van der Waals surface area (Å²) < 4.78 is 0. The lowest BCUT2D eigenvalue weighted by molar-refractivity contribution is -0.118. The fourth-order valence-corrected chi connectivity index (χ4v) is 2.08. The number of hydrogen-bond donors (Lipinski definition) is 1. The van der Waals surface area contributed by atoms with Crippen molar-refractivity contribution in [1.29, 1.82) is 0 Å². The Bertz CT molecular complexity index is 293. The molecule has 0 bridgehead atoms. The Balaban J connectivity index is 2.63. The molecule has 0 aliphatic carbocycles. The zero-order chi connectivity index (χ0) is 11.3. The van der Waals surface area contributed by atoms with Gasteiger partial charge in [-0.2, -0.15) is 5.10 Å². The van der Waals surface area contributed by atoms with Crippen molar-refractivity contribution in [2.45, 2.75) is 45.3 Å². The van der Waals surface area contributed by atoms with Crippen molar-refractivity contribution in [3.63, 3.8) is 0 Å². The zero-order valence-corrected chi connectivity index (χ0v) is 10.2. The first-order valence-corrected chi connectivity index (χ1v) is 6.20. The van der Waals surface area contributed by atoms with Crippen LogP contribution in [0, 0.1) is 0 Å². The van der Waals surface area contributed by atoms with Crippen LogP contribution in [0.15, 0.2) is 10.2 Å². The van der Waals surface area contributed by atoms with Gasteiger partial charge >= 0.3 is 0 Å². The number of amides is 1. The Kier molecular flexibility index (Phi) is 4.81. The van der Waals surface area contributed by atoms with Crippen molar-refractivity contribution in [1.82, 2.24) is 5.32 Å². The molecule has 15 heavy (non-hydrogen) atoms. The van der Waals surface area contributed by atoms with Crippen LogP contribution < -0.4 is 5.32 Å². The summed E-state index contributed by atoms with van der Waals surface area (Å²) in [7, 11) is 0. The largest absolute Gasteiger partial charge is 0.303 e. The average Bonchev–Trinajstić information content (AvgIpc) is 2.60. The van der Waals surface area contributed by atoms with E-state index in [0.29, 0.717) is 5.17 Å². The van der Waals surface area contributed by atoms with Gasteiger partial charge in [-0.1, -0.05) is 32.5 Å². The molecule has 0 aromatic heterocycles. The van der Waals surface area contributed by atoms with Gasteiger partial charge in [0.05, 0.1) is 5.25 Å². The van der Waals surface area contributed by atoms with E-state index in [4.69, 9.17) is 0 Å². The van der Waals surface area contributed by atoms with E-state index in [0.717, 1.165) is 25.0 Å². The second-order valence-electron chi connectivity index (χ2n) is 3.28. The van der Waals surface area contributed by atoms with E-state index in [2.05, 4.69) is 29.4 Å².